The fourth-order valence-corrected chi connectivity index (χ4v) is 2.05. The highest BCUT2D eigenvalue weighted by molar-refractivity contribution is 5.73. The summed E-state index contributed by atoms with van der Waals surface area (Å²) < 4.78 is 5.47. The number of benzene rings is 1. The Morgan fingerprint density at radius 1 is 1.39 bits per heavy atom. The van der Waals surface area contributed by atoms with E-state index in [0.717, 1.165) is 17.6 Å². The zero-order chi connectivity index (χ0) is 13.2. The van der Waals surface area contributed by atoms with Gasteiger partial charge in [0, 0.05) is 25.4 Å². The highest BCUT2D eigenvalue weighted by Crippen LogP contribution is 2.26. The molecular weight excluding hydrogens is 228 g/mol. The summed E-state index contributed by atoms with van der Waals surface area (Å²) >= 11 is 0. The van der Waals surface area contributed by atoms with Crippen molar-refractivity contribution >= 4 is 11.1 Å². The molecule has 1 heterocycles. The van der Waals surface area contributed by atoms with Crippen LogP contribution in [0.25, 0.3) is 11.1 Å². The Labute approximate surface area is 107 Å². The summed E-state index contributed by atoms with van der Waals surface area (Å²) in [5, 5.41) is 12.0. The molecule has 0 amide bonds. The molecule has 0 radical (unpaired) electrons. The van der Waals surface area contributed by atoms with Crippen LogP contribution in [0.1, 0.15) is 25.3 Å². The maximum atomic E-state index is 8.79. The molecule has 0 saturated heterocycles. The van der Waals surface area contributed by atoms with E-state index in [1.807, 2.05) is 13.0 Å². The van der Waals surface area contributed by atoms with Gasteiger partial charge in [-0.1, -0.05) is 19.9 Å². The monoisotopic (exact) mass is 248 g/mol. The molecule has 18 heavy (non-hydrogen) atoms. The highest BCUT2D eigenvalue weighted by Gasteiger charge is 2.21. The van der Waals surface area contributed by atoms with Crippen molar-refractivity contribution in [1.29, 1.82) is 0 Å². The number of oxazole rings is 1. The van der Waals surface area contributed by atoms with E-state index in [1.54, 1.807) is 0 Å². The van der Waals surface area contributed by atoms with E-state index in [-0.39, 0.29) is 12.0 Å². The molecule has 0 bridgehead atoms. The third-order valence-corrected chi connectivity index (χ3v) is 3.13. The second-order valence-corrected chi connectivity index (χ2v) is 5.20. The number of aliphatic hydroxyl groups is 1. The van der Waals surface area contributed by atoms with Crippen molar-refractivity contribution < 1.29 is 9.52 Å². The number of aliphatic hydroxyl groups excluding tert-OH is 1. The van der Waals surface area contributed by atoms with Gasteiger partial charge in [0.15, 0.2) is 11.5 Å². The van der Waals surface area contributed by atoms with Gasteiger partial charge >= 0.3 is 0 Å². The first-order valence-electron chi connectivity index (χ1n) is 6.22. The molecule has 4 nitrogen and oxygen atoms in total. The van der Waals surface area contributed by atoms with Gasteiger partial charge in [-0.15, -0.1) is 0 Å². The maximum Gasteiger partial charge on any atom is 0.192 e. The van der Waals surface area contributed by atoms with Gasteiger partial charge in [-0.2, -0.15) is 0 Å². The zero-order valence-corrected chi connectivity index (χ0v) is 11.2. The number of aryl methyl sites for hydroxylation is 1. The summed E-state index contributed by atoms with van der Waals surface area (Å²) in [6, 6.07) is 6.12. The predicted molar refractivity (Wildman–Crippen MR) is 71.7 cm³/mol. The summed E-state index contributed by atoms with van der Waals surface area (Å²) in [4.78, 5) is 4.36. The normalized spacial score (nSPS) is 12.2. The molecule has 0 saturated carbocycles. The third-order valence-electron chi connectivity index (χ3n) is 3.13. The van der Waals surface area contributed by atoms with Crippen molar-refractivity contribution in [3.63, 3.8) is 0 Å². The van der Waals surface area contributed by atoms with Gasteiger partial charge in [-0.05, 0) is 17.7 Å². The van der Waals surface area contributed by atoms with Crippen molar-refractivity contribution in [1.82, 2.24) is 10.3 Å². The summed E-state index contributed by atoms with van der Waals surface area (Å²) in [7, 11) is 0. The van der Waals surface area contributed by atoms with E-state index in [4.69, 9.17) is 9.52 Å². The van der Waals surface area contributed by atoms with Crippen molar-refractivity contribution in [3.8, 4) is 0 Å². The molecule has 0 aliphatic rings. The minimum absolute atomic E-state index is 0.00376. The number of hydrogen-bond donors (Lipinski definition) is 2. The first-order valence-corrected chi connectivity index (χ1v) is 6.22. The number of fused-ring (bicyclic) bond motifs is 1. The highest BCUT2D eigenvalue weighted by atomic mass is 16.3. The van der Waals surface area contributed by atoms with E-state index >= 15 is 0 Å². The standard InChI is InChI=1S/C14H20N2O2/c1-10-16-12-8-11(4-5-13(12)18-10)14(2,3)9-15-6-7-17/h4-5,8,15,17H,6-7,9H2,1-3H3. The largest absolute Gasteiger partial charge is 0.441 e. The maximum absolute atomic E-state index is 8.79. The second kappa shape index (κ2) is 5.08. The van der Waals surface area contributed by atoms with Gasteiger partial charge in [-0.25, -0.2) is 4.98 Å². The fourth-order valence-electron chi connectivity index (χ4n) is 2.05. The molecule has 4 heteroatoms. The minimum atomic E-state index is -0.00376. The predicted octanol–water partition coefficient (Wildman–Crippen LogP) is 2.00. The lowest BCUT2D eigenvalue weighted by Gasteiger charge is -2.25. The van der Waals surface area contributed by atoms with Crippen molar-refractivity contribution in [2.45, 2.75) is 26.2 Å². The van der Waals surface area contributed by atoms with Gasteiger partial charge in [-0.3, -0.25) is 0 Å². The average Bonchev–Trinajstić information content (AvgIpc) is 2.68. The third kappa shape index (κ3) is 2.71. The number of nitrogens with one attached hydrogen (secondary N) is 1. The SMILES string of the molecule is Cc1nc2cc(C(C)(C)CNCCO)ccc2o1. The Morgan fingerprint density at radius 3 is 2.89 bits per heavy atom. The molecular formula is C14H20N2O2. The molecule has 2 rings (SSSR count). The lowest BCUT2D eigenvalue weighted by Crippen LogP contribution is -2.34. The average molecular weight is 248 g/mol. The Hall–Kier alpha value is -1.39. The molecule has 0 aliphatic heterocycles. The first kappa shape index (κ1) is 13.1. The van der Waals surface area contributed by atoms with Crippen molar-refractivity contribution in [2.75, 3.05) is 19.7 Å². The van der Waals surface area contributed by atoms with Crippen LogP contribution in [0.5, 0.6) is 0 Å². The first-order chi connectivity index (χ1) is 8.53. The number of aromatic nitrogens is 1. The van der Waals surface area contributed by atoms with Gasteiger partial charge in [0.1, 0.15) is 5.52 Å². The molecule has 2 N–H and O–H groups in total. The van der Waals surface area contributed by atoms with Crippen LogP contribution >= 0.6 is 0 Å². The van der Waals surface area contributed by atoms with Crippen LogP contribution in [0.4, 0.5) is 0 Å². The van der Waals surface area contributed by atoms with Crippen LogP contribution in [0, 0.1) is 6.92 Å². The lowest BCUT2D eigenvalue weighted by atomic mass is 9.84. The lowest BCUT2D eigenvalue weighted by molar-refractivity contribution is 0.286. The van der Waals surface area contributed by atoms with E-state index < -0.39 is 0 Å². The quantitative estimate of drug-likeness (QED) is 0.795. The van der Waals surface area contributed by atoms with Gasteiger partial charge < -0.3 is 14.8 Å². The van der Waals surface area contributed by atoms with Gasteiger partial charge in [0.05, 0.1) is 6.61 Å². The van der Waals surface area contributed by atoms with E-state index in [2.05, 4.69) is 36.3 Å². The van der Waals surface area contributed by atoms with Crippen molar-refractivity contribution in [3.05, 3.63) is 29.7 Å². The molecule has 0 unspecified atom stereocenters. The van der Waals surface area contributed by atoms with Gasteiger partial charge in [0.2, 0.25) is 0 Å². The number of rotatable bonds is 5. The molecule has 0 fully saturated rings. The summed E-state index contributed by atoms with van der Waals surface area (Å²) in [6.45, 7) is 7.80. The fraction of sp³-hybridized carbons (Fsp3) is 0.500. The van der Waals surface area contributed by atoms with Crippen LogP contribution in [0.3, 0.4) is 0 Å². The number of hydrogen-bond acceptors (Lipinski definition) is 4. The molecule has 1 aromatic carbocycles. The summed E-state index contributed by atoms with van der Waals surface area (Å²) in [6.07, 6.45) is 0. The van der Waals surface area contributed by atoms with Crippen LogP contribution in [-0.2, 0) is 5.41 Å². The van der Waals surface area contributed by atoms with E-state index in [9.17, 15) is 0 Å². The Balaban J connectivity index is 2.23. The van der Waals surface area contributed by atoms with Crippen LogP contribution < -0.4 is 5.32 Å². The number of nitrogens with zero attached hydrogens (tertiary/aromatic N) is 1. The minimum Gasteiger partial charge on any atom is -0.441 e. The van der Waals surface area contributed by atoms with Crippen LogP contribution in [0.15, 0.2) is 22.6 Å². The smallest absolute Gasteiger partial charge is 0.192 e. The molecule has 0 spiro atoms. The second-order valence-electron chi connectivity index (χ2n) is 5.20. The Kier molecular flexibility index (Phi) is 3.68. The van der Waals surface area contributed by atoms with Crippen LogP contribution in [0.2, 0.25) is 0 Å². The zero-order valence-electron chi connectivity index (χ0n) is 11.2. The molecule has 0 atom stereocenters. The molecule has 98 valence electrons. The Morgan fingerprint density at radius 2 is 2.17 bits per heavy atom. The Bertz CT molecular complexity index is 532. The van der Waals surface area contributed by atoms with Crippen molar-refractivity contribution in [2.24, 2.45) is 0 Å². The van der Waals surface area contributed by atoms with E-state index in [1.165, 1.54) is 5.56 Å². The molecule has 1 aromatic heterocycles. The summed E-state index contributed by atoms with van der Waals surface area (Å²) in [5.41, 5.74) is 2.94. The van der Waals surface area contributed by atoms with Crippen LogP contribution in [-0.4, -0.2) is 29.8 Å². The summed E-state index contributed by atoms with van der Waals surface area (Å²) in [5.74, 6) is 0.693. The molecule has 2 aromatic rings. The topological polar surface area (TPSA) is 58.3 Å². The molecule has 0 aliphatic carbocycles. The van der Waals surface area contributed by atoms with E-state index in [0.29, 0.717) is 12.4 Å². The van der Waals surface area contributed by atoms with Gasteiger partial charge in [0.25, 0.3) is 0 Å².